The number of hydrogen-bond donors (Lipinski definition) is 1. The molecule has 0 aromatic carbocycles. The Bertz CT molecular complexity index is 384. The van der Waals surface area contributed by atoms with E-state index in [-0.39, 0.29) is 24.0 Å². The van der Waals surface area contributed by atoms with Gasteiger partial charge in [0.1, 0.15) is 6.04 Å². The Morgan fingerprint density at radius 2 is 2.14 bits per heavy atom. The van der Waals surface area contributed by atoms with Crippen molar-refractivity contribution in [3.63, 3.8) is 0 Å². The molecule has 120 valence electrons. The topological polar surface area (TPSA) is 58.6 Å². The molecular formula is C16H28N2O3. The van der Waals surface area contributed by atoms with Crippen molar-refractivity contribution in [2.75, 3.05) is 19.7 Å². The van der Waals surface area contributed by atoms with Gasteiger partial charge in [-0.3, -0.25) is 9.59 Å². The summed E-state index contributed by atoms with van der Waals surface area (Å²) in [6.07, 6.45) is 3.37. The highest BCUT2D eigenvalue weighted by Gasteiger charge is 2.34. The third kappa shape index (κ3) is 4.19. The molecule has 3 atom stereocenters. The molecule has 0 aromatic rings. The third-order valence-electron chi connectivity index (χ3n) is 4.46. The summed E-state index contributed by atoms with van der Waals surface area (Å²) < 4.78 is 5.71. The zero-order valence-electron chi connectivity index (χ0n) is 13.4. The van der Waals surface area contributed by atoms with E-state index in [1.165, 1.54) is 0 Å². The minimum absolute atomic E-state index is 0.00814. The fourth-order valence-corrected chi connectivity index (χ4v) is 3.34. The second-order valence-electron chi connectivity index (χ2n) is 6.65. The quantitative estimate of drug-likeness (QED) is 0.837. The second kappa shape index (κ2) is 7.25. The van der Waals surface area contributed by atoms with Crippen LogP contribution in [0.3, 0.4) is 0 Å². The third-order valence-corrected chi connectivity index (χ3v) is 4.46. The summed E-state index contributed by atoms with van der Waals surface area (Å²) >= 11 is 0. The maximum absolute atomic E-state index is 12.7. The van der Waals surface area contributed by atoms with Crippen molar-refractivity contribution in [3.8, 4) is 0 Å². The summed E-state index contributed by atoms with van der Waals surface area (Å²) in [5.41, 5.74) is 0. The van der Waals surface area contributed by atoms with Crippen molar-refractivity contribution in [1.82, 2.24) is 10.2 Å². The van der Waals surface area contributed by atoms with Crippen LogP contribution in [0.15, 0.2) is 0 Å². The van der Waals surface area contributed by atoms with Gasteiger partial charge < -0.3 is 15.0 Å². The Hall–Kier alpha value is -1.10. The van der Waals surface area contributed by atoms with Crippen molar-refractivity contribution in [3.05, 3.63) is 0 Å². The van der Waals surface area contributed by atoms with E-state index in [2.05, 4.69) is 26.1 Å². The first-order chi connectivity index (χ1) is 10.0. The largest absolute Gasteiger partial charge is 0.378 e. The summed E-state index contributed by atoms with van der Waals surface area (Å²) in [6.45, 7) is 8.32. The van der Waals surface area contributed by atoms with Gasteiger partial charge in [-0.15, -0.1) is 0 Å². The summed E-state index contributed by atoms with van der Waals surface area (Å²) in [5.74, 6) is 0.867. The van der Waals surface area contributed by atoms with Crippen molar-refractivity contribution >= 4 is 11.8 Å². The molecule has 5 heteroatoms. The van der Waals surface area contributed by atoms with E-state index in [0.29, 0.717) is 31.2 Å². The summed E-state index contributed by atoms with van der Waals surface area (Å²) in [7, 11) is 0. The van der Waals surface area contributed by atoms with E-state index in [9.17, 15) is 9.59 Å². The predicted octanol–water partition coefficient (Wildman–Crippen LogP) is 1.56. The molecule has 2 fully saturated rings. The van der Waals surface area contributed by atoms with Crippen LogP contribution in [-0.4, -0.2) is 48.6 Å². The van der Waals surface area contributed by atoms with Gasteiger partial charge in [-0.25, -0.2) is 0 Å². The molecule has 0 aliphatic carbocycles. The van der Waals surface area contributed by atoms with Gasteiger partial charge in [0.15, 0.2) is 0 Å². The van der Waals surface area contributed by atoms with Crippen LogP contribution in [0.25, 0.3) is 0 Å². The Labute approximate surface area is 127 Å². The molecule has 2 aliphatic heterocycles. The van der Waals surface area contributed by atoms with Crippen LogP contribution in [0, 0.1) is 11.8 Å². The zero-order valence-corrected chi connectivity index (χ0v) is 13.4. The lowest BCUT2D eigenvalue weighted by atomic mass is 9.98. The number of carbonyl (C=O) groups is 2. The maximum Gasteiger partial charge on any atom is 0.245 e. The fourth-order valence-electron chi connectivity index (χ4n) is 3.34. The van der Waals surface area contributed by atoms with Crippen LogP contribution in [0.2, 0.25) is 0 Å². The number of ether oxygens (including phenoxy) is 1. The monoisotopic (exact) mass is 296 g/mol. The van der Waals surface area contributed by atoms with E-state index < -0.39 is 0 Å². The smallest absolute Gasteiger partial charge is 0.245 e. The van der Waals surface area contributed by atoms with Crippen molar-refractivity contribution in [1.29, 1.82) is 0 Å². The molecule has 0 saturated carbocycles. The first kappa shape index (κ1) is 16.3. The minimum Gasteiger partial charge on any atom is -0.378 e. The highest BCUT2D eigenvalue weighted by molar-refractivity contribution is 5.89. The number of hydrogen-bond acceptors (Lipinski definition) is 3. The molecule has 0 radical (unpaired) electrons. The minimum atomic E-state index is -0.359. The normalized spacial score (nSPS) is 30.7. The Morgan fingerprint density at radius 3 is 2.81 bits per heavy atom. The molecule has 2 amide bonds. The molecule has 1 N–H and O–H groups in total. The number of nitrogens with one attached hydrogen (secondary N) is 1. The zero-order chi connectivity index (χ0) is 15.4. The van der Waals surface area contributed by atoms with Gasteiger partial charge in [-0.2, -0.15) is 0 Å². The first-order valence-corrected chi connectivity index (χ1v) is 8.21. The lowest BCUT2D eigenvalue weighted by Gasteiger charge is -2.29. The lowest BCUT2D eigenvalue weighted by molar-refractivity contribution is -0.134. The second-order valence-corrected chi connectivity index (χ2v) is 6.65. The van der Waals surface area contributed by atoms with E-state index >= 15 is 0 Å². The number of nitrogens with zero attached hydrogens (tertiary/aromatic N) is 1. The van der Waals surface area contributed by atoms with Crippen LogP contribution >= 0.6 is 0 Å². The fraction of sp³-hybridized carbons (Fsp3) is 0.875. The molecule has 3 unspecified atom stereocenters. The van der Waals surface area contributed by atoms with Crippen LogP contribution in [0.4, 0.5) is 0 Å². The molecule has 21 heavy (non-hydrogen) atoms. The number of amides is 2. The molecule has 2 aliphatic rings. The molecule has 0 spiro atoms. The van der Waals surface area contributed by atoms with Crippen molar-refractivity contribution < 1.29 is 14.3 Å². The molecule has 5 nitrogen and oxygen atoms in total. The van der Waals surface area contributed by atoms with Crippen molar-refractivity contribution in [2.45, 2.75) is 58.6 Å². The summed E-state index contributed by atoms with van der Waals surface area (Å²) in [6, 6.07) is -0.359. The number of carbonyl (C=O) groups excluding carboxylic acids is 2. The molecule has 2 saturated heterocycles. The van der Waals surface area contributed by atoms with Crippen LogP contribution in [0.5, 0.6) is 0 Å². The highest BCUT2D eigenvalue weighted by Crippen LogP contribution is 2.25. The van der Waals surface area contributed by atoms with E-state index in [4.69, 9.17) is 4.74 Å². The average molecular weight is 296 g/mol. The molecule has 0 bridgehead atoms. The van der Waals surface area contributed by atoms with Gasteiger partial charge in [0, 0.05) is 32.0 Å². The Morgan fingerprint density at radius 1 is 1.38 bits per heavy atom. The standard InChI is InChI=1S/C16H28N2O3/c1-4-14-12(6-8-21-14)10-18-7-5-15(19)17-13(16(18)20)9-11(2)3/h11-14H,4-10H2,1-3H3,(H,17,19). The SMILES string of the molecule is CCC1OCCC1CN1CCC(=O)NC(CC(C)C)C1=O. The van der Waals surface area contributed by atoms with E-state index in [1.54, 1.807) is 0 Å². The van der Waals surface area contributed by atoms with Crippen LogP contribution < -0.4 is 5.32 Å². The van der Waals surface area contributed by atoms with Gasteiger partial charge >= 0.3 is 0 Å². The van der Waals surface area contributed by atoms with Gasteiger partial charge in [0.25, 0.3) is 0 Å². The molecular weight excluding hydrogens is 268 g/mol. The van der Waals surface area contributed by atoms with Gasteiger partial charge in [-0.05, 0) is 25.2 Å². The van der Waals surface area contributed by atoms with E-state index in [1.807, 2.05) is 4.90 Å². The lowest BCUT2D eigenvalue weighted by Crippen LogP contribution is -2.47. The maximum atomic E-state index is 12.7. The number of rotatable bonds is 5. The van der Waals surface area contributed by atoms with Crippen LogP contribution in [-0.2, 0) is 14.3 Å². The highest BCUT2D eigenvalue weighted by atomic mass is 16.5. The van der Waals surface area contributed by atoms with E-state index in [0.717, 1.165) is 26.0 Å². The molecule has 2 rings (SSSR count). The van der Waals surface area contributed by atoms with Gasteiger partial charge in [0.2, 0.25) is 11.8 Å². The van der Waals surface area contributed by atoms with Crippen LogP contribution in [0.1, 0.15) is 46.5 Å². The molecule has 0 aromatic heterocycles. The summed E-state index contributed by atoms with van der Waals surface area (Å²) in [4.78, 5) is 26.4. The Kier molecular flexibility index (Phi) is 5.62. The van der Waals surface area contributed by atoms with Gasteiger partial charge in [0.05, 0.1) is 6.10 Å². The Balaban J connectivity index is 2.03. The van der Waals surface area contributed by atoms with Crippen molar-refractivity contribution in [2.24, 2.45) is 11.8 Å². The molecule has 2 heterocycles. The van der Waals surface area contributed by atoms with Gasteiger partial charge in [-0.1, -0.05) is 20.8 Å². The average Bonchev–Trinajstić information content (AvgIpc) is 2.83. The predicted molar refractivity (Wildman–Crippen MR) is 80.7 cm³/mol. The summed E-state index contributed by atoms with van der Waals surface area (Å²) in [5, 5.41) is 2.88. The first-order valence-electron chi connectivity index (χ1n) is 8.21.